The topological polar surface area (TPSA) is 66.5 Å². The van der Waals surface area contributed by atoms with E-state index in [0.29, 0.717) is 22.9 Å². The summed E-state index contributed by atoms with van der Waals surface area (Å²) in [7, 11) is 0. The molecule has 166 valence electrons. The van der Waals surface area contributed by atoms with Crippen molar-refractivity contribution < 1.29 is 14.4 Å². The Labute approximate surface area is 197 Å². The van der Waals surface area contributed by atoms with E-state index in [1.54, 1.807) is 12.1 Å². The Morgan fingerprint density at radius 2 is 1.44 bits per heavy atom. The van der Waals surface area contributed by atoms with Crippen molar-refractivity contribution in [3.8, 4) is 11.1 Å². The maximum absolute atomic E-state index is 13.0. The van der Waals surface area contributed by atoms with Gasteiger partial charge in [0.05, 0.1) is 0 Å². The molecule has 1 N–H and O–H groups in total. The highest BCUT2D eigenvalue weighted by Gasteiger charge is 2.32. The minimum atomic E-state index is -0.298. The molecule has 0 unspecified atom stereocenters. The van der Waals surface area contributed by atoms with Gasteiger partial charge in [0.15, 0.2) is 0 Å². The molecule has 6 rings (SSSR count). The van der Waals surface area contributed by atoms with Gasteiger partial charge in [-0.05, 0) is 64.7 Å². The minimum absolute atomic E-state index is 0.130. The van der Waals surface area contributed by atoms with Gasteiger partial charge < -0.3 is 5.32 Å². The number of carbonyl (C=O) groups is 3. The summed E-state index contributed by atoms with van der Waals surface area (Å²) in [6, 6.07) is 25.3. The van der Waals surface area contributed by atoms with Crippen LogP contribution < -0.4 is 5.32 Å². The number of nitrogens with one attached hydrogen (secondary N) is 1. The molecule has 1 heterocycles. The average molecular weight is 447 g/mol. The van der Waals surface area contributed by atoms with Crippen molar-refractivity contribution in [2.24, 2.45) is 0 Å². The summed E-state index contributed by atoms with van der Waals surface area (Å²) in [4.78, 5) is 39.8. The van der Waals surface area contributed by atoms with Crippen LogP contribution in [0.25, 0.3) is 21.9 Å². The lowest BCUT2D eigenvalue weighted by molar-refractivity contribution is -0.116. The molecule has 4 aromatic rings. The maximum Gasteiger partial charge on any atom is 0.261 e. The number of hydrogen-bond acceptors (Lipinski definition) is 3. The van der Waals surface area contributed by atoms with Crippen molar-refractivity contribution in [3.63, 3.8) is 0 Å². The third kappa shape index (κ3) is 3.28. The smallest absolute Gasteiger partial charge is 0.261 e. The fourth-order valence-electron chi connectivity index (χ4n) is 5.13. The molecule has 0 fully saturated rings. The molecular formula is C29H22N2O3. The number of carbonyl (C=O) groups excluding carboxylic acids is 3. The van der Waals surface area contributed by atoms with Crippen LogP contribution in [-0.4, -0.2) is 29.2 Å². The van der Waals surface area contributed by atoms with E-state index in [1.165, 1.54) is 27.2 Å². The van der Waals surface area contributed by atoms with E-state index in [4.69, 9.17) is 0 Å². The number of fused-ring (bicyclic) bond motifs is 3. The number of amides is 3. The van der Waals surface area contributed by atoms with E-state index in [1.807, 2.05) is 48.5 Å². The number of rotatable bonds is 5. The van der Waals surface area contributed by atoms with Crippen LogP contribution in [0.1, 0.15) is 44.7 Å². The molecule has 34 heavy (non-hydrogen) atoms. The van der Waals surface area contributed by atoms with E-state index in [2.05, 4.69) is 23.5 Å². The number of nitrogens with zero attached hydrogens (tertiary/aromatic N) is 1. The van der Waals surface area contributed by atoms with E-state index in [0.717, 1.165) is 17.5 Å². The molecule has 5 nitrogen and oxygen atoms in total. The van der Waals surface area contributed by atoms with Crippen LogP contribution >= 0.6 is 0 Å². The Kier molecular flexibility index (Phi) is 4.77. The maximum atomic E-state index is 13.0. The van der Waals surface area contributed by atoms with Crippen LogP contribution in [-0.2, 0) is 11.2 Å². The lowest BCUT2D eigenvalue weighted by atomic mass is 9.94. The Balaban J connectivity index is 1.10. The normalized spacial score (nSPS) is 13.7. The van der Waals surface area contributed by atoms with Crippen molar-refractivity contribution in [2.45, 2.75) is 19.3 Å². The quantitative estimate of drug-likeness (QED) is 0.366. The third-order valence-corrected chi connectivity index (χ3v) is 6.72. The van der Waals surface area contributed by atoms with Gasteiger partial charge in [-0.25, -0.2) is 0 Å². The largest absolute Gasteiger partial charge is 0.326 e. The second-order valence-corrected chi connectivity index (χ2v) is 8.83. The molecule has 3 amide bonds. The molecule has 0 aromatic heterocycles. The first-order valence-electron chi connectivity index (χ1n) is 11.5. The van der Waals surface area contributed by atoms with Gasteiger partial charge >= 0.3 is 0 Å². The summed E-state index contributed by atoms with van der Waals surface area (Å²) in [5.41, 5.74) is 6.81. The van der Waals surface area contributed by atoms with Gasteiger partial charge in [0, 0.05) is 35.2 Å². The van der Waals surface area contributed by atoms with Crippen LogP contribution in [0, 0.1) is 0 Å². The predicted octanol–water partition coefficient (Wildman–Crippen LogP) is 5.43. The van der Waals surface area contributed by atoms with E-state index in [-0.39, 0.29) is 30.7 Å². The summed E-state index contributed by atoms with van der Waals surface area (Å²) < 4.78 is 0. The highest BCUT2D eigenvalue weighted by atomic mass is 16.2. The van der Waals surface area contributed by atoms with Crippen molar-refractivity contribution in [2.75, 3.05) is 11.9 Å². The number of imide groups is 1. The summed E-state index contributed by atoms with van der Waals surface area (Å²) in [5.74, 6) is -0.726. The van der Waals surface area contributed by atoms with Crippen molar-refractivity contribution >= 4 is 34.2 Å². The minimum Gasteiger partial charge on any atom is -0.326 e. The second-order valence-electron chi connectivity index (χ2n) is 8.83. The van der Waals surface area contributed by atoms with Gasteiger partial charge in [0.25, 0.3) is 11.8 Å². The van der Waals surface area contributed by atoms with Gasteiger partial charge in [-0.3, -0.25) is 19.3 Å². The zero-order valence-electron chi connectivity index (χ0n) is 18.5. The second kappa shape index (κ2) is 7.96. The molecule has 0 saturated carbocycles. The molecule has 0 bridgehead atoms. The molecule has 1 aliphatic carbocycles. The standard InChI is InChI=1S/C29H22N2O3/c32-26(30-21-13-14-23-20(17-21)16-19-6-1-2-9-22(19)23)12-5-15-31-28(33)24-10-3-7-18-8-4-11-25(27(18)24)29(31)34/h1-4,6-11,13-14,17H,5,12,15-16H2,(H,30,32). The van der Waals surface area contributed by atoms with E-state index in [9.17, 15) is 14.4 Å². The molecule has 5 heteroatoms. The van der Waals surface area contributed by atoms with Gasteiger partial charge in [0.2, 0.25) is 5.91 Å². The molecule has 1 aliphatic heterocycles. The van der Waals surface area contributed by atoms with Gasteiger partial charge in [-0.1, -0.05) is 54.6 Å². The third-order valence-electron chi connectivity index (χ3n) is 6.72. The van der Waals surface area contributed by atoms with Crippen molar-refractivity contribution in [3.05, 3.63) is 101 Å². The summed E-state index contributed by atoms with van der Waals surface area (Å²) >= 11 is 0. The Hall–Kier alpha value is -4.25. The number of benzene rings is 4. The van der Waals surface area contributed by atoms with Crippen LogP contribution in [0.5, 0.6) is 0 Å². The SMILES string of the molecule is O=C(CCCN1C(=O)c2cccc3cccc(c23)C1=O)Nc1ccc2c(c1)Cc1ccccc1-2. The summed E-state index contributed by atoms with van der Waals surface area (Å²) in [5, 5.41) is 4.56. The lowest BCUT2D eigenvalue weighted by Crippen LogP contribution is -2.41. The van der Waals surface area contributed by atoms with Crippen molar-refractivity contribution in [1.82, 2.24) is 4.90 Å². The monoisotopic (exact) mass is 446 g/mol. The fraction of sp³-hybridized carbons (Fsp3) is 0.138. The first-order valence-corrected chi connectivity index (χ1v) is 11.5. The molecule has 0 saturated heterocycles. The highest BCUT2D eigenvalue weighted by Crippen LogP contribution is 2.37. The number of hydrogen-bond donors (Lipinski definition) is 1. The summed E-state index contributed by atoms with van der Waals surface area (Å²) in [6.45, 7) is 0.204. The molecule has 0 spiro atoms. The first-order chi connectivity index (χ1) is 16.6. The molecule has 0 atom stereocenters. The van der Waals surface area contributed by atoms with Crippen LogP contribution in [0.3, 0.4) is 0 Å². The van der Waals surface area contributed by atoms with Gasteiger partial charge in [-0.2, -0.15) is 0 Å². The number of anilines is 1. The molecule has 0 radical (unpaired) electrons. The van der Waals surface area contributed by atoms with Crippen LogP contribution in [0.15, 0.2) is 78.9 Å². The predicted molar refractivity (Wildman–Crippen MR) is 132 cm³/mol. The van der Waals surface area contributed by atoms with E-state index >= 15 is 0 Å². The van der Waals surface area contributed by atoms with Gasteiger partial charge in [0.1, 0.15) is 0 Å². The first kappa shape index (κ1) is 20.4. The molecular weight excluding hydrogens is 424 g/mol. The van der Waals surface area contributed by atoms with Gasteiger partial charge in [-0.15, -0.1) is 0 Å². The fourth-order valence-corrected chi connectivity index (χ4v) is 5.13. The zero-order chi connectivity index (χ0) is 23.2. The van der Waals surface area contributed by atoms with Crippen LogP contribution in [0.4, 0.5) is 5.69 Å². The Bertz CT molecular complexity index is 1450. The average Bonchev–Trinajstić information content (AvgIpc) is 3.22. The zero-order valence-corrected chi connectivity index (χ0v) is 18.5. The van der Waals surface area contributed by atoms with Crippen LogP contribution in [0.2, 0.25) is 0 Å². The van der Waals surface area contributed by atoms with E-state index < -0.39 is 0 Å². The molecule has 2 aliphatic rings. The molecule has 4 aromatic carbocycles. The summed E-state index contributed by atoms with van der Waals surface area (Å²) in [6.07, 6.45) is 1.49. The lowest BCUT2D eigenvalue weighted by Gasteiger charge is -2.27. The Morgan fingerprint density at radius 1 is 0.765 bits per heavy atom. The Morgan fingerprint density at radius 3 is 2.21 bits per heavy atom. The highest BCUT2D eigenvalue weighted by molar-refractivity contribution is 6.25. The van der Waals surface area contributed by atoms with Crippen molar-refractivity contribution in [1.29, 1.82) is 0 Å².